The topological polar surface area (TPSA) is 49.8 Å². The van der Waals surface area contributed by atoms with Crippen molar-refractivity contribution in [2.75, 3.05) is 20.8 Å². The van der Waals surface area contributed by atoms with Gasteiger partial charge < -0.3 is 14.7 Å². The summed E-state index contributed by atoms with van der Waals surface area (Å²) in [6, 6.07) is 7.63. The number of methoxy groups -OCH3 is 1. The van der Waals surface area contributed by atoms with Crippen LogP contribution in [0, 0.1) is 0 Å². The van der Waals surface area contributed by atoms with Crippen LogP contribution in [0.3, 0.4) is 0 Å². The number of rotatable bonds is 6. The van der Waals surface area contributed by atoms with Crippen LogP contribution >= 0.6 is 0 Å². The normalized spacial score (nSPS) is 10.1. The number of nitrogens with zero attached hydrogens (tertiary/aromatic N) is 1. The lowest BCUT2D eigenvalue weighted by Gasteiger charge is -2.17. The number of aliphatic hydroxyl groups is 1. The van der Waals surface area contributed by atoms with E-state index in [0.717, 1.165) is 11.3 Å². The van der Waals surface area contributed by atoms with Gasteiger partial charge in [-0.25, -0.2) is 0 Å². The molecule has 0 aliphatic carbocycles. The van der Waals surface area contributed by atoms with E-state index in [4.69, 9.17) is 9.84 Å². The van der Waals surface area contributed by atoms with Crippen LogP contribution in [0.25, 0.3) is 0 Å². The number of carbonyl (C=O) groups is 1. The third-order valence-corrected chi connectivity index (χ3v) is 2.55. The molecular weight excluding hydrogens is 218 g/mol. The predicted octanol–water partition coefficient (Wildman–Crippen LogP) is 1.43. The molecule has 94 valence electrons. The number of carbonyl (C=O) groups excluding carboxylic acids is 1. The summed E-state index contributed by atoms with van der Waals surface area (Å²) in [4.78, 5) is 13.3. The molecule has 1 amide bonds. The van der Waals surface area contributed by atoms with Crippen LogP contribution in [0.15, 0.2) is 24.3 Å². The van der Waals surface area contributed by atoms with Crippen molar-refractivity contribution in [3.63, 3.8) is 0 Å². The zero-order chi connectivity index (χ0) is 12.7. The van der Waals surface area contributed by atoms with Gasteiger partial charge in [0.25, 0.3) is 0 Å². The molecule has 1 rings (SSSR count). The highest BCUT2D eigenvalue weighted by Crippen LogP contribution is 2.12. The SMILES string of the molecule is COc1ccc(CN(C)C(=O)CCCO)cc1. The van der Waals surface area contributed by atoms with Gasteiger partial charge in [0.15, 0.2) is 0 Å². The maximum atomic E-state index is 11.6. The van der Waals surface area contributed by atoms with E-state index in [1.807, 2.05) is 24.3 Å². The van der Waals surface area contributed by atoms with Crippen molar-refractivity contribution in [3.8, 4) is 5.75 Å². The minimum atomic E-state index is 0.0508. The smallest absolute Gasteiger partial charge is 0.222 e. The Labute approximate surface area is 102 Å². The maximum Gasteiger partial charge on any atom is 0.222 e. The molecule has 0 heterocycles. The molecule has 0 radical (unpaired) electrons. The monoisotopic (exact) mass is 237 g/mol. The third-order valence-electron chi connectivity index (χ3n) is 2.55. The van der Waals surface area contributed by atoms with E-state index in [9.17, 15) is 4.79 Å². The molecule has 4 nitrogen and oxygen atoms in total. The first-order valence-corrected chi connectivity index (χ1v) is 5.65. The molecule has 1 aromatic rings. The summed E-state index contributed by atoms with van der Waals surface area (Å²) < 4.78 is 5.07. The predicted molar refractivity (Wildman–Crippen MR) is 65.8 cm³/mol. The lowest BCUT2D eigenvalue weighted by molar-refractivity contribution is -0.130. The van der Waals surface area contributed by atoms with Crippen molar-refractivity contribution in [1.82, 2.24) is 4.90 Å². The van der Waals surface area contributed by atoms with Crippen LogP contribution in [0.2, 0.25) is 0 Å². The number of ether oxygens (including phenoxy) is 1. The van der Waals surface area contributed by atoms with Crippen LogP contribution in [-0.2, 0) is 11.3 Å². The molecule has 4 heteroatoms. The molecule has 0 fully saturated rings. The van der Waals surface area contributed by atoms with E-state index in [2.05, 4.69) is 0 Å². The van der Waals surface area contributed by atoms with Crippen molar-refractivity contribution < 1.29 is 14.6 Å². The van der Waals surface area contributed by atoms with Crippen molar-refractivity contribution in [1.29, 1.82) is 0 Å². The lowest BCUT2D eigenvalue weighted by atomic mass is 10.2. The zero-order valence-electron chi connectivity index (χ0n) is 10.3. The summed E-state index contributed by atoms with van der Waals surface area (Å²) in [6.45, 7) is 0.635. The van der Waals surface area contributed by atoms with Gasteiger partial charge in [-0.15, -0.1) is 0 Å². The second kappa shape index (κ2) is 6.91. The maximum absolute atomic E-state index is 11.6. The summed E-state index contributed by atoms with van der Waals surface area (Å²) in [7, 11) is 3.39. The van der Waals surface area contributed by atoms with E-state index < -0.39 is 0 Å². The molecule has 1 N–H and O–H groups in total. The fourth-order valence-electron chi connectivity index (χ4n) is 1.51. The Morgan fingerprint density at radius 1 is 1.35 bits per heavy atom. The highest BCUT2D eigenvalue weighted by atomic mass is 16.5. The summed E-state index contributed by atoms with van der Waals surface area (Å²) in [5, 5.41) is 8.66. The molecule has 1 aromatic carbocycles. The Hall–Kier alpha value is -1.55. The largest absolute Gasteiger partial charge is 0.497 e. The molecule has 0 spiro atoms. The van der Waals surface area contributed by atoms with Crippen LogP contribution < -0.4 is 4.74 Å². The fourth-order valence-corrected chi connectivity index (χ4v) is 1.51. The Kier molecular flexibility index (Phi) is 5.49. The van der Waals surface area contributed by atoms with Gasteiger partial charge in [-0.3, -0.25) is 4.79 Å². The van der Waals surface area contributed by atoms with Crippen molar-refractivity contribution >= 4 is 5.91 Å². The third kappa shape index (κ3) is 4.44. The van der Waals surface area contributed by atoms with Gasteiger partial charge in [-0.2, -0.15) is 0 Å². The molecule has 0 saturated heterocycles. The number of hydrogen-bond donors (Lipinski definition) is 1. The van der Waals surface area contributed by atoms with Crippen LogP contribution in [0.5, 0.6) is 5.75 Å². The van der Waals surface area contributed by atoms with Gasteiger partial charge in [-0.05, 0) is 24.1 Å². The van der Waals surface area contributed by atoms with E-state index in [0.29, 0.717) is 19.4 Å². The van der Waals surface area contributed by atoms with Gasteiger partial charge in [-0.1, -0.05) is 12.1 Å². The summed E-state index contributed by atoms with van der Waals surface area (Å²) >= 11 is 0. The Morgan fingerprint density at radius 2 is 2.00 bits per heavy atom. The molecule has 0 aromatic heterocycles. The summed E-state index contributed by atoms with van der Waals surface area (Å²) in [6.07, 6.45) is 0.912. The van der Waals surface area contributed by atoms with Gasteiger partial charge in [0, 0.05) is 26.6 Å². The van der Waals surface area contributed by atoms with Gasteiger partial charge in [0.05, 0.1) is 7.11 Å². The number of amides is 1. The zero-order valence-corrected chi connectivity index (χ0v) is 10.3. The van der Waals surface area contributed by atoms with Gasteiger partial charge >= 0.3 is 0 Å². The molecule has 0 bridgehead atoms. The average Bonchev–Trinajstić information content (AvgIpc) is 2.36. The van der Waals surface area contributed by atoms with E-state index in [1.54, 1.807) is 19.1 Å². The molecule has 0 atom stereocenters. The first kappa shape index (κ1) is 13.5. The Morgan fingerprint density at radius 3 is 2.53 bits per heavy atom. The summed E-state index contributed by atoms with van der Waals surface area (Å²) in [5.41, 5.74) is 1.06. The average molecular weight is 237 g/mol. The van der Waals surface area contributed by atoms with Crippen LogP contribution in [-0.4, -0.2) is 36.7 Å². The second-order valence-corrected chi connectivity index (χ2v) is 3.93. The number of aliphatic hydroxyl groups excluding tert-OH is 1. The highest BCUT2D eigenvalue weighted by Gasteiger charge is 2.08. The Bertz CT molecular complexity index is 348. The van der Waals surface area contributed by atoms with E-state index in [-0.39, 0.29) is 12.5 Å². The van der Waals surface area contributed by atoms with Crippen molar-refractivity contribution in [3.05, 3.63) is 29.8 Å². The minimum Gasteiger partial charge on any atom is -0.497 e. The first-order chi connectivity index (χ1) is 8.17. The highest BCUT2D eigenvalue weighted by molar-refractivity contribution is 5.75. The van der Waals surface area contributed by atoms with E-state index >= 15 is 0 Å². The number of benzene rings is 1. The molecule has 0 aliphatic heterocycles. The van der Waals surface area contributed by atoms with Crippen molar-refractivity contribution in [2.45, 2.75) is 19.4 Å². The molecule has 17 heavy (non-hydrogen) atoms. The fraction of sp³-hybridized carbons (Fsp3) is 0.462. The van der Waals surface area contributed by atoms with Crippen molar-refractivity contribution in [2.24, 2.45) is 0 Å². The summed E-state index contributed by atoms with van der Waals surface area (Å²) in [5.74, 6) is 0.859. The minimum absolute atomic E-state index is 0.0508. The molecule has 0 aliphatic rings. The van der Waals surface area contributed by atoms with Gasteiger partial charge in [0.1, 0.15) is 5.75 Å². The molecular formula is C13H19NO3. The van der Waals surface area contributed by atoms with Crippen LogP contribution in [0.1, 0.15) is 18.4 Å². The Balaban J connectivity index is 2.49. The number of hydrogen-bond acceptors (Lipinski definition) is 3. The lowest BCUT2D eigenvalue weighted by Crippen LogP contribution is -2.26. The van der Waals surface area contributed by atoms with E-state index in [1.165, 1.54) is 0 Å². The standard InChI is InChI=1S/C13H19NO3/c1-14(13(16)4-3-9-15)10-11-5-7-12(17-2)8-6-11/h5-8,15H,3-4,9-10H2,1-2H3. The first-order valence-electron chi connectivity index (χ1n) is 5.65. The van der Waals surface area contributed by atoms with Crippen LogP contribution in [0.4, 0.5) is 0 Å². The second-order valence-electron chi connectivity index (χ2n) is 3.93. The molecule has 0 saturated carbocycles. The molecule has 0 unspecified atom stereocenters. The van der Waals surface area contributed by atoms with Gasteiger partial charge in [0.2, 0.25) is 5.91 Å². The quantitative estimate of drug-likeness (QED) is 0.814.